The lowest BCUT2D eigenvalue weighted by molar-refractivity contribution is -0.167. The number of carbonyl (C=O) groups excluding carboxylic acids is 2. The van der Waals surface area contributed by atoms with Crippen molar-refractivity contribution >= 4 is 11.8 Å². The Morgan fingerprint density at radius 3 is 2.59 bits per heavy atom. The van der Waals surface area contributed by atoms with E-state index in [0.717, 1.165) is 19.3 Å². The van der Waals surface area contributed by atoms with Crippen LogP contribution in [-0.4, -0.2) is 35.0 Å². The second kappa shape index (κ2) is 6.60. The monoisotopic (exact) mass is 410 g/mol. The topological polar surface area (TPSA) is 63.6 Å². The number of ether oxygens (including phenoxy) is 1. The molecule has 0 heterocycles. The van der Waals surface area contributed by atoms with Crippen LogP contribution in [0.25, 0.3) is 0 Å². The maximum Gasteiger partial charge on any atom is 0.302 e. The van der Waals surface area contributed by atoms with Gasteiger partial charge in [0.25, 0.3) is 5.92 Å². The number of esters is 1. The first-order chi connectivity index (χ1) is 13.4. The second-order valence-electron chi connectivity index (χ2n) is 10.3. The second-order valence-corrected chi connectivity index (χ2v) is 10.3. The van der Waals surface area contributed by atoms with Crippen molar-refractivity contribution in [1.82, 2.24) is 0 Å². The quantitative estimate of drug-likeness (QED) is 0.699. The SMILES string of the molecule is CC(=O)OCC[C@@]1(O)CC[C@H]2[C@@H]3CC(F)(F)C4=CC(=O)CC[C@]4(C)[C@H]3CC[C@@]21C. The van der Waals surface area contributed by atoms with Crippen molar-refractivity contribution in [1.29, 1.82) is 0 Å². The summed E-state index contributed by atoms with van der Waals surface area (Å²) in [5.74, 6) is -3.55. The molecule has 0 radical (unpaired) electrons. The van der Waals surface area contributed by atoms with E-state index in [9.17, 15) is 14.7 Å². The van der Waals surface area contributed by atoms with Crippen LogP contribution >= 0.6 is 0 Å². The molecule has 4 aliphatic carbocycles. The highest BCUT2D eigenvalue weighted by Crippen LogP contribution is 2.70. The summed E-state index contributed by atoms with van der Waals surface area (Å²) in [4.78, 5) is 23.0. The molecule has 0 aromatic heterocycles. The molecule has 0 spiro atoms. The van der Waals surface area contributed by atoms with Crippen LogP contribution in [0.2, 0.25) is 0 Å². The predicted molar refractivity (Wildman–Crippen MR) is 103 cm³/mol. The van der Waals surface area contributed by atoms with Gasteiger partial charge in [0, 0.05) is 31.8 Å². The largest absolute Gasteiger partial charge is 0.466 e. The van der Waals surface area contributed by atoms with Gasteiger partial charge < -0.3 is 9.84 Å². The summed E-state index contributed by atoms with van der Waals surface area (Å²) in [5, 5.41) is 11.5. The summed E-state index contributed by atoms with van der Waals surface area (Å²) in [7, 11) is 0. The molecule has 0 unspecified atom stereocenters. The van der Waals surface area contributed by atoms with E-state index in [1.165, 1.54) is 13.0 Å². The molecule has 3 fully saturated rings. The number of aliphatic hydroxyl groups is 1. The molecule has 29 heavy (non-hydrogen) atoms. The minimum atomic E-state index is -2.97. The summed E-state index contributed by atoms with van der Waals surface area (Å²) in [6, 6.07) is 0. The molecule has 4 rings (SSSR count). The van der Waals surface area contributed by atoms with E-state index >= 15 is 8.78 Å². The van der Waals surface area contributed by atoms with Crippen LogP contribution in [0.3, 0.4) is 0 Å². The molecular formula is C23H32F2O4. The molecule has 6 atom stereocenters. The summed E-state index contributed by atoms with van der Waals surface area (Å²) in [6.07, 6.45) is 5.03. The summed E-state index contributed by atoms with van der Waals surface area (Å²) in [5.41, 5.74) is -2.03. The first-order valence-electron chi connectivity index (χ1n) is 10.9. The van der Waals surface area contributed by atoms with Gasteiger partial charge >= 0.3 is 5.97 Å². The summed E-state index contributed by atoms with van der Waals surface area (Å²) < 4.78 is 35.6. The van der Waals surface area contributed by atoms with Crippen LogP contribution in [0, 0.1) is 28.6 Å². The van der Waals surface area contributed by atoms with Crippen LogP contribution in [0.15, 0.2) is 11.6 Å². The van der Waals surface area contributed by atoms with E-state index in [4.69, 9.17) is 4.74 Å². The Labute approximate surface area is 171 Å². The zero-order valence-electron chi connectivity index (χ0n) is 17.6. The smallest absolute Gasteiger partial charge is 0.302 e. The van der Waals surface area contributed by atoms with Crippen LogP contribution in [0.5, 0.6) is 0 Å². The number of rotatable bonds is 3. The van der Waals surface area contributed by atoms with Gasteiger partial charge in [0.05, 0.1) is 12.2 Å². The van der Waals surface area contributed by atoms with E-state index in [-0.39, 0.29) is 48.1 Å². The van der Waals surface area contributed by atoms with Crippen LogP contribution in [0.4, 0.5) is 8.78 Å². The minimum Gasteiger partial charge on any atom is -0.466 e. The lowest BCUT2D eigenvalue weighted by Gasteiger charge is -2.60. The number of hydrogen-bond donors (Lipinski definition) is 1. The minimum absolute atomic E-state index is 0.0189. The number of allylic oxidation sites excluding steroid dienone is 1. The van der Waals surface area contributed by atoms with Gasteiger partial charge in [-0.3, -0.25) is 9.59 Å². The molecule has 3 saturated carbocycles. The van der Waals surface area contributed by atoms with Crippen molar-refractivity contribution in [3.63, 3.8) is 0 Å². The predicted octanol–water partition coefficient (Wildman–Crippen LogP) is 4.45. The number of ketones is 1. The molecule has 1 N–H and O–H groups in total. The fraction of sp³-hybridized carbons (Fsp3) is 0.826. The zero-order valence-corrected chi connectivity index (χ0v) is 17.6. The third-order valence-corrected chi connectivity index (χ3v) is 9.10. The van der Waals surface area contributed by atoms with Crippen molar-refractivity contribution in [2.24, 2.45) is 28.6 Å². The number of carbonyl (C=O) groups is 2. The Kier molecular flexibility index (Phi) is 4.77. The molecule has 0 aliphatic heterocycles. The maximum absolute atomic E-state index is 15.3. The van der Waals surface area contributed by atoms with Crippen molar-refractivity contribution < 1.29 is 28.2 Å². The summed E-state index contributed by atoms with van der Waals surface area (Å²) in [6.45, 7) is 5.48. The third kappa shape index (κ3) is 3.00. The van der Waals surface area contributed by atoms with Gasteiger partial charge in [-0.1, -0.05) is 13.8 Å². The first-order valence-corrected chi connectivity index (χ1v) is 10.9. The average molecular weight is 411 g/mol. The van der Waals surface area contributed by atoms with Gasteiger partial charge in [-0.05, 0) is 66.8 Å². The maximum atomic E-state index is 15.3. The van der Waals surface area contributed by atoms with E-state index in [1.807, 2.05) is 13.8 Å². The highest BCUT2D eigenvalue weighted by atomic mass is 19.3. The van der Waals surface area contributed by atoms with Gasteiger partial charge in [0.2, 0.25) is 0 Å². The van der Waals surface area contributed by atoms with Crippen molar-refractivity contribution in [3.8, 4) is 0 Å². The van der Waals surface area contributed by atoms with Crippen molar-refractivity contribution in [2.75, 3.05) is 6.61 Å². The molecular weight excluding hydrogens is 378 g/mol. The molecule has 6 heteroatoms. The lowest BCUT2D eigenvalue weighted by Crippen LogP contribution is -2.58. The summed E-state index contributed by atoms with van der Waals surface area (Å²) >= 11 is 0. The molecule has 0 aromatic carbocycles. The van der Waals surface area contributed by atoms with Crippen LogP contribution < -0.4 is 0 Å². The molecule has 4 aliphatic rings. The molecule has 0 aromatic rings. The van der Waals surface area contributed by atoms with Gasteiger partial charge in [0.15, 0.2) is 5.78 Å². The third-order valence-electron chi connectivity index (χ3n) is 9.10. The van der Waals surface area contributed by atoms with Gasteiger partial charge in [-0.15, -0.1) is 0 Å². The fourth-order valence-corrected chi connectivity index (χ4v) is 7.48. The Morgan fingerprint density at radius 2 is 1.90 bits per heavy atom. The van der Waals surface area contributed by atoms with Gasteiger partial charge in [0.1, 0.15) is 0 Å². The number of alkyl halides is 2. The number of halogens is 2. The fourth-order valence-electron chi connectivity index (χ4n) is 7.48. The molecule has 0 saturated heterocycles. The highest BCUT2D eigenvalue weighted by molar-refractivity contribution is 5.92. The average Bonchev–Trinajstić information content (AvgIpc) is 2.88. The van der Waals surface area contributed by atoms with Gasteiger partial charge in [-0.25, -0.2) is 8.78 Å². The standard InChI is InChI=1S/C23H32F2O4/c1-14(26)29-11-10-22(28)9-6-18-16-13-23(24,25)19-12-15(27)4-7-20(19,2)17(16)5-8-21(18,22)3/h12,16-18,28H,4-11,13H2,1-3H3/t16-,17+,18+,20-,21+,22+/m1/s1. The van der Waals surface area contributed by atoms with Crippen molar-refractivity contribution in [2.45, 2.75) is 83.7 Å². The first kappa shape index (κ1) is 21.0. The Bertz CT molecular complexity index is 762. The Hall–Kier alpha value is -1.30. The normalized spacial score (nSPS) is 45.7. The van der Waals surface area contributed by atoms with E-state index in [0.29, 0.717) is 25.7 Å². The number of hydrogen-bond acceptors (Lipinski definition) is 4. The van der Waals surface area contributed by atoms with Crippen LogP contribution in [-0.2, 0) is 14.3 Å². The molecule has 0 bridgehead atoms. The molecule has 162 valence electrons. The van der Waals surface area contributed by atoms with E-state index in [2.05, 4.69) is 0 Å². The zero-order chi connectivity index (χ0) is 21.2. The van der Waals surface area contributed by atoms with Crippen molar-refractivity contribution in [3.05, 3.63) is 11.6 Å². The number of fused-ring (bicyclic) bond motifs is 5. The molecule has 0 amide bonds. The van der Waals surface area contributed by atoms with E-state index in [1.54, 1.807) is 0 Å². The lowest BCUT2D eigenvalue weighted by atomic mass is 9.45. The highest BCUT2D eigenvalue weighted by Gasteiger charge is 2.67. The van der Waals surface area contributed by atoms with Crippen LogP contribution in [0.1, 0.15) is 72.1 Å². The van der Waals surface area contributed by atoms with E-state index < -0.39 is 22.4 Å². The van der Waals surface area contributed by atoms with Gasteiger partial charge in [-0.2, -0.15) is 0 Å². The Balaban J connectivity index is 1.64. The molecule has 4 nitrogen and oxygen atoms in total. The Morgan fingerprint density at radius 1 is 1.21 bits per heavy atom.